The molecular formula is C16H23NO3S. The van der Waals surface area contributed by atoms with E-state index in [1.54, 1.807) is 11.3 Å². The monoisotopic (exact) mass is 309 g/mol. The fourth-order valence-electron chi connectivity index (χ4n) is 2.80. The number of carboxylic acid groups (broad SMARTS) is 1. The van der Waals surface area contributed by atoms with Crippen LogP contribution in [0.1, 0.15) is 54.4 Å². The van der Waals surface area contributed by atoms with Crippen molar-refractivity contribution < 1.29 is 14.7 Å². The zero-order chi connectivity index (χ0) is 15.6. The Bertz CT molecular complexity index is 536. The van der Waals surface area contributed by atoms with Gasteiger partial charge >= 0.3 is 5.97 Å². The van der Waals surface area contributed by atoms with Crippen LogP contribution in [0.5, 0.6) is 0 Å². The van der Waals surface area contributed by atoms with Gasteiger partial charge in [-0.15, -0.1) is 11.3 Å². The molecule has 2 N–H and O–H groups in total. The zero-order valence-electron chi connectivity index (χ0n) is 12.8. The van der Waals surface area contributed by atoms with Crippen LogP contribution >= 0.6 is 11.3 Å². The molecule has 0 aromatic carbocycles. The maximum absolute atomic E-state index is 12.4. The van der Waals surface area contributed by atoms with Crippen molar-refractivity contribution in [2.75, 3.05) is 0 Å². The second-order valence-corrected chi connectivity index (χ2v) is 7.36. The summed E-state index contributed by atoms with van der Waals surface area (Å²) in [7, 11) is 0. The number of carbonyl (C=O) groups is 2. The van der Waals surface area contributed by atoms with E-state index in [0.29, 0.717) is 17.9 Å². The quantitative estimate of drug-likeness (QED) is 0.878. The second kappa shape index (κ2) is 6.60. The topological polar surface area (TPSA) is 66.4 Å². The van der Waals surface area contributed by atoms with Crippen molar-refractivity contribution in [3.8, 4) is 0 Å². The fourth-order valence-corrected chi connectivity index (χ4v) is 4.04. The number of amides is 1. The number of aliphatic carboxylic acids is 1. The van der Waals surface area contributed by atoms with Crippen molar-refractivity contribution in [2.24, 2.45) is 11.8 Å². The van der Waals surface area contributed by atoms with Crippen LogP contribution in [-0.4, -0.2) is 23.0 Å². The van der Waals surface area contributed by atoms with Crippen molar-refractivity contribution in [3.63, 3.8) is 0 Å². The molecule has 2 unspecified atom stereocenters. The van der Waals surface area contributed by atoms with Crippen LogP contribution in [-0.2, 0) is 17.6 Å². The predicted octanol–water partition coefficient (Wildman–Crippen LogP) is 3.10. The fraction of sp³-hybridized carbons (Fsp3) is 0.625. The van der Waals surface area contributed by atoms with Crippen molar-refractivity contribution in [3.05, 3.63) is 21.4 Å². The molecule has 0 spiro atoms. The summed E-state index contributed by atoms with van der Waals surface area (Å²) in [5.74, 6) is -0.312. The van der Waals surface area contributed by atoms with Gasteiger partial charge in [-0.05, 0) is 43.1 Å². The third kappa shape index (κ3) is 3.84. The molecule has 1 aromatic heterocycles. The van der Waals surface area contributed by atoms with E-state index in [0.717, 1.165) is 24.8 Å². The van der Waals surface area contributed by atoms with Crippen molar-refractivity contribution in [2.45, 2.75) is 52.5 Å². The molecule has 1 aliphatic rings. The molecule has 0 saturated heterocycles. The van der Waals surface area contributed by atoms with Gasteiger partial charge in [-0.3, -0.25) is 4.79 Å². The summed E-state index contributed by atoms with van der Waals surface area (Å²) in [6, 6.07) is -0.810. The first kappa shape index (κ1) is 16.0. The third-order valence-electron chi connectivity index (χ3n) is 3.96. The maximum Gasteiger partial charge on any atom is 0.326 e. The van der Waals surface area contributed by atoms with Crippen LogP contribution in [0.4, 0.5) is 0 Å². The summed E-state index contributed by atoms with van der Waals surface area (Å²) in [4.78, 5) is 24.9. The molecular weight excluding hydrogens is 286 g/mol. The first-order valence-corrected chi connectivity index (χ1v) is 8.39. The van der Waals surface area contributed by atoms with Gasteiger partial charge in [-0.1, -0.05) is 20.8 Å². The van der Waals surface area contributed by atoms with Crippen LogP contribution in [0.2, 0.25) is 0 Å². The first-order valence-electron chi connectivity index (χ1n) is 7.51. The lowest BCUT2D eigenvalue weighted by atomic mass is 9.88. The smallest absolute Gasteiger partial charge is 0.326 e. The molecule has 21 heavy (non-hydrogen) atoms. The van der Waals surface area contributed by atoms with Crippen molar-refractivity contribution in [1.29, 1.82) is 0 Å². The van der Waals surface area contributed by atoms with E-state index >= 15 is 0 Å². The van der Waals surface area contributed by atoms with Gasteiger partial charge in [-0.2, -0.15) is 0 Å². The Kier molecular flexibility index (Phi) is 5.04. The number of fused-ring (bicyclic) bond motifs is 1. The Hall–Kier alpha value is -1.36. The average Bonchev–Trinajstić information content (AvgIpc) is 2.80. The van der Waals surface area contributed by atoms with E-state index in [1.807, 2.05) is 19.2 Å². The molecule has 116 valence electrons. The molecule has 0 radical (unpaired) electrons. The summed E-state index contributed by atoms with van der Waals surface area (Å²) >= 11 is 1.63. The predicted molar refractivity (Wildman–Crippen MR) is 83.9 cm³/mol. The Morgan fingerprint density at radius 1 is 1.48 bits per heavy atom. The first-order chi connectivity index (χ1) is 9.88. The van der Waals surface area contributed by atoms with E-state index in [-0.39, 0.29) is 11.8 Å². The van der Waals surface area contributed by atoms with Crippen molar-refractivity contribution in [1.82, 2.24) is 5.32 Å². The molecule has 4 nitrogen and oxygen atoms in total. The van der Waals surface area contributed by atoms with Gasteiger partial charge in [0, 0.05) is 10.3 Å². The van der Waals surface area contributed by atoms with Gasteiger partial charge in [0.1, 0.15) is 6.04 Å². The molecule has 2 rings (SSSR count). The van der Waals surface area contributed by atoms with Crippen LogP contribution in [0.3, 0.4) is 0 Å². The highest BCUT2D eigenvalue weighted by Gasteiger charge is 2.26. The molecule has 5 heteroatoms. The summed E-state index contributed by atoms with van der Waals surface area (Å²) in [6.07, 6.45) is 3.50. The molecule has 1 heterocycles. The number of carboxylic acids is 1. The van der Waals surface area contributed by atoms with Crippen LogP contribution in [0.15, 0.2) is 5.38 Å². The molecule has 0 bridgehead atoms. The highest BCUT2D eigenvalue weighted by Crippen LogP contribution is 2.32. The standard InChI is InChI=1S/C16H23NO3S/c1-9(2)6-13(16(19)20)17-15(18)12-8-21-14-7-10(3)4-5-11(12)14/h8-10,13H,4-7H2,1-3H3,(H,17,18)(H,19,20). The highest BCUT2D eigenvalue weighted by atomic mass is 32.1. The molecule has 0 saturated carbocycles. The van der Waals surface area contributed by atoms with E-state index in [2.05, 4.69) is 12.2 Å². The van der Waals surface area contributed by atoms with Crippen LogP contribution in [0.25, 0.3) is 0 Å². The van der Waals surface area contributed by atoms with Gasteiger partial charge in [0.25, 0.3) is 5.91 Å². The van der Waals surface area contributed by atoms with Crippen molar-refractivity contribution >= 4 is 23.2 Å². The lowest BCUT2D eigenvalue weighted by Gasteiger charge is -2.20. The van der Waals surface area contributed by atoms with E-state index in [1.165, 1.54) is 4.88 Å². The number of hydrogen-bond donors (Lipinski definition) is 2. The largest absolute Gasteiger partial charge is 0.480 e. The number of carbonyl (C=O) groups excluding carboxylic acids is 1. The molecule has 1 amide bonds. The van der Waals surface area contributed by atoms with Gasteiger partial charge < -0.3 is 10.4 Å². The Labute approximate surface area is 129 Å². The maximum atomic E-state index is 12.4. The highest BCUT2D eigenvalue weighted by molar-refractivity contribution is 7.10. The summed E-state index contributed by atoms with van der Waals surface area (Å²) in [5, 5.41) is 13.8. The number of thiophene rings is 1. The summed E-state index contributed by atoms with van der Waals surface area (Å²) in [6.45, 7) is 6.14. The Morgan fingerprint density at radius 2 is 2.19 bits per heavy atom. The Balaban J connectivity index is 2.11. The van der Waals surface area contributed by atoms with Gasteiger partial charge in [0.05, 0.1) is 5.56 Å². The van der Waals surface area contributed by atoms with Gasteiger partial charge in [0.2, 0.25) is 0 Å². The minimum atomic E-state index is -0.963. The normalized spacial score (nSPS) is 19.1. The zero-order valence-corrected chi connectivity index (χ0v) is 13.6. The van der Waals surface area contributed by atoms with Gasteiger partial charge in [-0.25, -0.2) is 4.79 Å². The SMILES string of the molecule is CC(C)CC(NC(=O)c1csc2c1CCC(C)C2)C(=O)O. The van der Waals surface area contributed by atoms with E-state index in [4.69, 9.17) is 0 Å². The van der Waals surface area contributed by atoms with E-state index < -0.39 is 12.0 Å². The van der Waals surface area contributed by atoms with Gasteiger partial charge in [0.15, 0.2) is 0 Å². The lowest BCUT2D eigenvalue weighted by molar-refractivity contribution is -0.139. The lowest BCUT2D eigenvalue weighted by Crippen LogP contribution is -2.41. The molecule has 2 atom stereocenters. The minimum Gasteiger partial charge on any atom is -0.480 e. The second-order valence-electron chi connectivity index (χ2n) is 6.39. The number of hydrogen-bond acceptors (Lipinski definition) is 3. The average molecular weight is 309 g/mol. The molecule has 0 aliphatic heterocycles. The minimum absolute atomic E-state index is 0.226. The number of rotatable bonds is 5. The van der Waals surface area contributed by atoms with Crippen LogP contribution in [0, 0.1) is 11.8 Å². The number of nitrogens with one attached hydrogen (secondary N) is 1. The third-order valence-corrected chi connectivity index (χ3v) is 5.01. The Morgan fingerprint density at radius 3 is 2.81 bits per heavy atom. The summed E-state index contributed by atoms with van der Waals surface area (Å²) < 4.78 is 0. The van der Waals surface area contributed by atoms with Crippen LogP contribution < -0.4 is 5.32 Å². The van der Waals surface area contributed by atoms with E-state index in [9.17, 15) is 14.7 Å². The molecule has 1 aliphatic carbocycles. The molecule has 0 fully saturated rings. The summed E-state index contributed by atoms with van der Waals surface area (Å²) in [5.41, 5.74) is 1.81. The molecule has 1 aromatic rings.